The highest BCUT2D eigenvalue weighted by molar-refractivity contribution is 14.1. The molecule has 0 amide bonds. The average Bonchev–Trinajstić information content (AvgIpc) is 2.29. The van der Waals surface area contributed by atoms with Gasteiger partial charge in [-0.05, 0) is 46.7 Å². The van der Waals surface area contributed by atoms with Gasteiger partial charge in [0, 0.05) is 3.57 Å². The molecule has 2 heteroatoms. The Bertz CT molecular complexity index is 281. The molecule has 0 saturated carbocycles. The smallest absolute Gasteiger partial charge is 0.0790 e. The summed E-state index contributed by atoms with van der Waals surface area (Å²) in [6.07, 6.45) is 6.89. The van der Waals surface area contributed by atoms with Crippen LogP contribution >= 0.6 is 22.6 Å². The van der Waals surface area contributed by atoms with E-state index in [0.29, 0.717) is 0 Å². The first-order valence-corrected chi connectivity index (χ1v) is 7.25. The molecule has 0 saturated heterocycles. The molecular formula is C14H21IO. The van der Waals surface area contributed by atoms with E-state index in [1.54, 1.807) is 0 Å². The molecule has 16 heavy (non-hydrogen) atoms. The van der Waals surface area contributed by atoms with Gasteiger partial charge in [0.1, 0.15) is 0 Å². The van der Waals surface area contributed by atoms with Crippen LogP contribution in [0.25, 0.3) is 0 Å². The third-order valence-corrected chi connectivity index (χ3v) is 3.56. The van der Waals surface area contributed by atoms with Gasteiger partial charge in [0.15, 0.2) is 0 Å². The number of hydrogen-bond donors (Lipinski definition) is 1. The molecule has 1 aromatic rings. The molecule has 1 aromatic carbocycles. The fraction of sp³-hybridized carbons (Fsp3) is 0.571. The lowest BCUT2D eigenvalue weighted by molar-refractivity contribution is 0.163. The molecule has 90 valence electrons. The standard InChI is InChI=1S/C14H21IO/c1-2-3-4-5-6-7-14(16)12-8-10-13(15)11-9-12/h8-11,14,16H,2-7H2,1H3. The Morgan fingerprint density at radius 3 is 2.31 bits per heavy atom. The van der Waals surface area contributed by atoms with Crippen LogP contribution in [0.3, 0.4) is 0 Å². The van der Waals surface area contributed by atoms with E-state index >= 15 is 0 Å². The van der Waals surface area contributed by atoms with Crippen molar-refractivity contribution in [2.75, 3.05) is 0 Å². The molecule has 0 heterocycles. The Kier molecular flexibility index (Phi) is 7.05. The fourth-order valence-electron chi connectivity index (χ4n) is 1.79. The summed E-state index contributed by atoms with van der Waals surface area (Å²) in [5.74, 6) is 0. The fourth-order valence-corrected chi connectivity index (χ4v) is 2.15. The molecule has 0 aromatic heterocycles. The van der Waals surface area contributed by atoms with Crippen LogP contribution in [0.5, 0.6) is 0 Å². The third kappa shape index (κ3) is 5.30. The maximum atomic E-state index is 9.97. The first-order chi connectivity index (χ1) is 7.74. The highest BCUT2D eigenvalue weighted by Gasteiger charge is 2.06. The predicted molar refractivity (Wildman–Crippen MR) is 77.5 cm³/mol. The summed E-state index contributed by atoms with van der Waals surface area (Å²) in [5, 5.41) is 9.97. The Hall–Kier alpha value is -0.0900. The van der Waals surface area contributed by atoms with E-state index in [4.69, 9.17) is 0 Å². The van der Waals surface area contributed by atoms with Crippen LogP contribution in [0.1, 0.15) is 57.1 Å². The summed E-state index contributed by atoms with van der Waals surface area (Å²) in [6, 6.07) is 8.16. The summed E-state index contributed by atoms with van der Waals surface area (Å²) >= 11 is 2.28. The van der Waals surface area contributed by atoms with Crippen molar-refractivity contribution in [2.45, 2.75) is 51.6 Å². The third-order valence-electron chi connectivity index (χ3n) is 2.84. The average molecular weight is 332 g/mol. The van der Waals surface area contributed by atoms with Gasteiger partial charge in [0.25, 0.3) is 0 Å². The first kappa shape index (κ1) is 14.0. The van der Waals surface area contributed by atoms with E-state index in [1.165, 1.54) is 29.3 Å². The highest BCUT2D eigenvalue weighted by atomic mass is 127. The van der Waals surface area contributed by atoms with Crippen molar-refractivity contribution < 1.29 is 5.11 Å². The monoisotopic (exact) mass is 332 g/mol. The molecule has 0 fully saturated rings. The van der Waals surface area contributed by atoms with Gasteiger partial charge in [-0.25, -0.2) is 0 Å². The molecule has 0 aliphatic rings. The van der Waals surface area contributed by atoms with Crippen LogP contribution in [0, 0.1) is 3.57 Å². The number of unbranched alkanes of at least 4 members (excludes halogenated alkanes) is 4. The van der Waals surface area contributed by atoms with Gasteiger partial charge in [-0.15, -0.1) is 0 Å². The predicted octanol–water partition coefficient (Wildman–Crippen LogP) is 4.69. The Balaban J connectivity index is 2.24. The normalized spacial score (nSPS) is 12.7. The lowest BCUT2D eigenvalue weighted by atomic mass is 10.0. The number of hydrogen-bond acceptors (Lipinski definition) is 1. The van der Waals surface area contributed by atoms with Crippen LogP contribution in [0.15, 0.2) is 24.3 Å². The molecule has 0 bridgehead atoms. The van der Waals surface area contributed by atoms with Crippen molar-refractivity contribution >= 4 is 22.6 Å². The molecule has 0 aliphatic carbocycles. The maximum Gasteiger partial charge on any atom is 0.0790 e. The summed E-state index contributed by atoms with van der Waals surface area (Å²) < 4.78 is 1.22. The van der Waals surface area contributed by atoms with Crippen LogP contribution in [-0.2, 0) is 0 Å². The summed E-state index contributed by atoms with van der Waals surface area (Å²) in [4.78, 5) is 0. The number of aliphatic hydroxyl groups is 1. The van der Waals surface area contributed by atoms with E-state index in [0.717, 1.165) is 18.4 Å². The van der Waals surface area contributed by atoms with Crippen LogP contribution < -0.4 is 0 Å². The molecule has 1 N–H and O–H groups in total. The van der Waals surface area contributed by atoms with Gasteiger partial charge < -0.3 is 5.11 Å². The van der Waals surface area contributed by atoms with Gasteiger partial charge >= 0.3 is 0 Å². The summed E-state index contributed by atoms with van der Waals surface area (Å²) in [7, 11) is 0. The SMILES string of the molecule is CCCCCCCC(O)c1ccc(I)cc1. The minimum absolute atomic E-state index is 0.279. The summed E-state index contributed by atoms with van der Waals surface area (Å²) in [5.41, 5.74) is 1.05. The molecule has 0 aliphatic heterocycles. The number of halogens is 1. The lowest BCUT2D eigenvalue weighted by Crippen LogP contribution is -1.97. The van der Waals surface area contributed by atoms with E-state index in [1.807, 2.05) is 12.1 Å². The van der Waals surface area contributed by atoms with Gasteiger partial charge in [0.2, 0.25) is 0 Å². The van der Waals surface area contributed by atoms with Crippen LogP contribution in [0.4, 0.5) is 0 Å². The van der Waals surface area contributed by atoms with Crippen molar-refractivity contribution in [3.05, 3.63) is 33.4 Å². The largest absolute Gasteiger partial charge is 0.388 e. The number of aliphatic hydroxyl groups excluding tert-OH is 1. The van der Waals surface area contributed by atoms with Gasteiger partial charge in [0.05, 0.1) is 6.10 Å². The second kappa shape index (κ2) is 8.07. The van der Waals surface area contributed by atoms with E-state index in [-0.39, 0.29) is 6.10 Å². The Morgan fingerprint density at radius 2 is 1.69 bits per heavy atom. The van der Waals surface area contributed by atoms with Crippen molar-refractivity contribution in [1.29, 1.82) is 0 Å². The molecule has 1 atom stereocenters. The molecule has 0 radical (unpaired) electrons. The van der Waals surface area contributed by atoms with E-state index in [2.05, 4.69) is 41.6 Å². The van der Waals surface area contributed by atoms with Crippen LogP contribution in [0.2, 0.25) is 0 Å². The van der Waals surface area contributed by atoms with Crippen molar-refractivity contribution in [3.8, 4) is 0 Å². The van der Waals surface area contributed by atoms with Gasteiger partial charge in [-0.3, -0.25) is 0 Å². The topological polar surface area (TPSA) is 20.2 Å². The van der Waals surface area contributed by atoms with Gasteiger partial charge in [-0.2, -0.15) is 0 Å². The molecule has 1 unspecified atom stereocenters. The van der Waals surface area contributed by atoms with E-state index in [9.17, 15) is 5.11 Å². The molecule has 1 nitrogen and oxygen atoms in total. The molecular weight excluding hydrogens is 311 g/mol. The van der Waals surface area contributed by atoms with Gasteiger partial charge in [-0.1, -0.05) is 51.2 Å². The van der Waals surface area contributed by atoms with Crippen molar-refractivity contribution in [3.63, 3.8) is 0 Å². The van der Waals surface area contributed by atoms with Crippen molar-refractivity contribution in [1.82, 2.24) is 0 Å². The zero-order chi connectivity index (χ0) is 11.8. The summed E-state index contributed by atoms with van der Waals surface area (Å²) in [6.45, 7) is 2.22. The Morgan fingerprint density at radius 1 is 1.06 bits per heavy atom. The second-order valence-corrected chi connectivity index (χ2v) is 5.52. The zero-order valence-electron chi connectivity index (χ0n) is 9.95. The quantitative estimate of drug-likeness (QED) is 0.567. The maximum absolute atomic E-state index is 9.97. The lowest BCUT2D eigenvalue weighted by Gasteiger charge is -2.10. The Labute approximate surface area is 112 Å². The first-order valence-electron chi connectivity index (χ1n) is 6.17. The van der Waals surface area contributed by atoms with Crippen molar-refractivity contribution in [2.24, 2.45) is 0 Å². The molecule has 1 rings (SSSR count). The highest BCUT2D eigenvalue weighted by Crippen LogP contribution is 2.20. The number of benzene rings is 1. The molecule has 0 spiro atoms. The minimum Gasteiger partial charge on any atom is -0.388 e. The van der Waals surface area contributed by atoms with E-state index < -0.39 is 0 Å². The minimum atomic E-state index is -0.279. The second-order valence-electron chi connectivity index (χ2n) is 4.27. The zero-order valence-corrected chi connectivity index (χ0v) is 12.1. The van der Waals surface area contributed by atoms with Crippen LogP contribution in [-0.4, -0.2) is 5.11 Å². The number of rotatable bonds is 7.